The van der Waals surface area contributed by atoms with Crippen molar-refractivity contribution in [3.05, 3.63) is 65.4 Å². The summed E-state index contributed by atoms with van der Waals surface area (Å²) in [7, 11) is 0. The standard InChI is InChI=1S/C20H20ClN3O/c1-15-20(14-24(22-15)19-4-2-3-17(21)13-19)16-5-7-18(8-6-16)23-9-11-25-12-10-23/h2-8,13-14H,9-12H2,1H3. The number of morpholine rings is 1. The molecule has 0 spiro atoms. The van der Waals surface area contributed by atoms with Crippen LogP contribution >= 0.6 is 11.6 Å². The van der Waals surface area contributed by atoms with Crippen LogP contribution in [0.15, 0.2) is 54.7 Å². The highest BCUT2D eigenvalue weighted by Crippen LogP contribution is 2.27. The molecule has 0 aliphatic carbocycles. The van der Waals surface area contributed by atoms with Gasteiger partial charge < -0.3 is 9.64 Å². The van der Waals surface area contributed by atoms with Crippen molar-refractivity contribution in [2.24, 2.45) is 0 Å². The number of hydrogen-bond donors (Lipinski definition) is 0. The van der Waals surface area contributed by atoms with Gasteiger partial charge in [0.05, 0.1) is 24.6 Å². The van der Waals surface area contributed by atoms with Crippen LogP contribution in [0.1, 0.15) is 5.69 Å². The molecule has 0 amide bonds. The monoisotopic (exact) mass is 353 g/mol. The highest BCUT2D eigenvalue weighted by atomic mass is 35.5. The van der Waals surface area contributed by atoms with Crippen LogP contribution in [-0.2, 0) is 4.74 Å². The van der Waals surface area contributed by atoms with E-state index in [4.69, 9.17) is 16.3 Å². The molecule has 1 aromatic heterocycles. The number of aromatic nitrogens is 2. The first-order valence-electron chi connectivity index (χ1n) is 8.46. The quantitative estimate of drug-likeness (QED) is 0.701. The van der Waals surface area contributed by atoms with Gasteiger partial charge in [0, 0.05) is 35.6 Å². The molecule has 1 saturated heterocycles. The van der Waals surface area contributed by atoms with Crippen LogP contribution in [0.2, 0.25) is 5.02 Å². The van der Waals surface area contributed by atoms with Crippen molar-refractivity contribution in [2.75, 3.05) is 31.2 Å². The second kappa shape index (κ2) is 6.90. The molecular formula is C20H20ClN3O. The average Bonchev–Trinajstić information content (AvgIpc) is 3.04. The molecule has 3 aromatic rings. The lowest BCUT2D eigenvalue weighted by molar-refractivity contribution is 0.122. The van der Waals surface area contributed by atoms with Crippen molar-refractivity contribution in [2.45, 2.75) is 6.92 Å². The third-order valence-corrected chi connectivity index (χ3v) is 4.76. The first-order valence-corrected chi connectivity index (χ1v) is 8.84. The minimum absolute atomic E-state index is 0.710. The van der Waals surface area contributed by atoms with Gasteiger partial charge in [0.1, 0.15) is 0 Å². The molecule has 1 fully saturated rings. The summed E-state index contributed by atoms with van der Waals surface area (Å²) in [6.07, 6.45) is 2.06. The lowest BCUT2D eigenvalue weighted by Gasteiger charge is -2.28. The van der Waals surface area contributed by atoms with Gasteiger partial charge in [-0.15, -0.1) is 0 Å². The van der Waals surface area contributed by atoms with Crippen LogP contribution in [0.4, 0.5) is 5.69 Å². The van der Waals surface area contributed by atoms with E-state index in [2.05, 4.69) is 40.5 Å². The highest BCUT2D eigenvalue weighted by molar-refractivity contribution is 6.30. The summed E-state index contributed by atoms with van der Waals surface area (Å²) in [6.45, 7) is 5.53. The summed E-state index contributed by atoms with van der Waals surface area (Å²) in [5.41, 5.74) is 5.51. The Bertz CT molecular complexity index is 867. The number of hydrogen-bond acceptors (Lipinski definition) is 3. The fraction of sp³-hybridized carbons (Fsp3) is 0.250. The molecule has 128 valence electrons. The van der Waals surface area contributed by atoms with Crippen molar-refractivity contribution in [3.8, 4) is 16.8 Å². The summed E-state index contributed by atoms with van der Waals surface area (Å²) < 4.78 is 7.30. The van der Waals surface area contributed by atoms with Crippen molar-refractivity contribution in [3.63, 3.8) is 0 Å². The molecule has 0 unspecified atom stereocenters. The zero-order valence-electron chi connectivity index (χ0n) is 14.2. The molecule has 0 bridgehead atoms. The molecule has 4 rings (SSSR count). The predicted molar refractivity (Wildman–Crippen MR) is 102 cm³/mol. The number of ether oxygens (including phenoxy) is 1. The first-order chi connectivity index (χ1) is 12.2. The predicted octanol–water partition coefficient (Wildman–Crippen LogP) is 4.34. The Morgan fingerprint density at radius 3 is 2.48 bits per heavy atom. The molecule has 0 radical (unpaired) electrons. The molecule has 1 aliphatic heterocycles. The van der Waals surface area contributed by atoms with E-state index in [-0.39, 0.29) is 0 Å². The fourth-order valence-electron chi connectivity index (χ4n) is 3.17. The van der Waals surface area contributed by atoms with E-state index in [0.29, 0.717) is 5.02 Å². The van der Waals surface area contributed by atoms with E-state index in [1.165, 1.54) is 11.3 Å². The van der Waals surface area contributed by atoms with E-state index < -0.39 is 0 Å². The van der Waals surface area contributed by atoms with Crippen LogP contribution in [0, 0.1) is 6.92 Å². The molecule has 1 aliphatic rings. The number of anilines is 1. The molecule has 4 nitrogen and oxygen atoms in total. The van der Waals surface area contributed by atoms with Crippen LogP contribution in [0.25, 0.3) is 16.8 Å². The minimum atomic E-state index is 0.710. The molecule has 5 heteroatoms. The van der Waals surface area contributed by atoms with Crippen molar-refractivity contribution < 1.29 is 4.74 Å². The lowest BCUT2D eigenvalue weighted by Crippen LogP contribution is -2.36. The molecule has 25 heavy (non-hydrogen) atoms. The summed E-state index contributed by atoms with van der Waals surface area (Å²) in [5, 5.41) is 5.35. The zero-order chi connectivity index (χ0) is 17.2. The van der Waals surface area contributed by atoms with E-state index >= 15 is 0 Å². The minimum Gasteiger partial charge on any atom is -0.378 e. The highest BCUT2D eigenvalue weighted by Gasteiger charge is 2.13. The van der Waals surface area contributed by atoms with Crippen LogP contribution < -0.4 is 4.90 Å². The molecule has 0 atom stereocenters. The Morgan fingerprint density at radius 2 is 1.76 bits per heavy atom. The van der Waals surface area contributed by atoms with E-state index in [1.54, 1.807) is 0 Å². The van der Waals surface area contributed by atoms with Crippen LogP contribution in [0.3, 0.4) is 0 Å². The topological polar surface area (TPSA) is 30.3 Å². The molecule has 2 aromatic carbocycles. The summed E-state index contributed by atoms with van der Waals surface area (Å²) in [6, 6.07) is 16.4. The van der Waals surface area contributed by atoms with Gasteiger partial charge >= 0.3 is 0 Å². The van der Waals surface area contributed by atoms with Gasteiger partial charge in [-0.05, 0) is 42.8 Å². The Hall–Kier alpha value is -2.30. The van der Waals surface area contributed by atoms with Crippen molar-refractivity contribution in [1.82, 2.24) is 9.78 Å². The fourth-order valence-corrected chi connectivity index (χ4v) is 3.35. The Kier molecular flexibility index (Phi) is 4.47. The maximum absolute atomic E-state index is 6.09. The average molecular weight is 354 g/mol. The van der Waals surface area contributed by atoms with Gasteiger partial charge in [-0.1, -0.05) is 29.8 Å². The number of benzene rings is 2. The maximum atomic E-state index is 6.09. The lowest BCUT2D eigenvalue weighted by atomic mass is 10.1. The normalized spacial score (nSPS) is 14.7. The molecular weight excluding hydrogens is 334 g/mol. The summed E-state index contributed by atoms with van der Waals surface area (Å²) >= 11 is 6.09. The van der Waals surface area contributed by atoms with Gasteiger partial charge in [-0.3, -0.25) is 0 Å². The molecule has 0 saturated carbocycles. The summed E-state index contributed by atoms with van der Waals surface area (Å²) in [4.78, 5) is 2.36. The van der Waals surface area contributed by atoms with Crippen LogP contribution in [-0.4, -0.2) is 36.1 Å². The zero-order valence-corrected chi connectivity index (χ0v) is 14.9. The van der Waals surface area contributed by atoms with E-state index in [0.717, 1.165) is 43.2 Å². The number of halogens is 1. The third kappa shape index (κ3) is 3.41. The van der Waals surface area contributed by atoms with Gasteiger partial charge in [0.15, 0.2) is 0 Å². The Labute approximate surface area is 152 Å². The maximum Gasteiger partial charge on any atom is 0.0676 e. The number of nitrogens with zero attached hydrogens (tertiary/aromatic N) is 3. The van der Waals surface area contributed by atoms with E-state index in [1.807, 2.05) is 35.9 Å². The SMILES string of the molecule is Cc1nn(-c2cccc(Cl)c2)cc1-c1ccc(N2CCOCC2)cc1. The second-order valence-corrected chi connectivity index (χ2v) is 6.64. The van der Waals surface area contributed by atoms with E-state index in [9.17, 15) is 0 Å². The number of rotatable bonds is 3. The van der Waals surface area contributed by atoms with Gasteiger partial charge in [0.2, 0.25) is 0 Å². The van der Waals surface area contributed by atoms with Gasteiger partial charge in [-0.25, -0.2) is 4.68 Å². The molecule has 0 N–H and O–H groups in total. The van der Waals surface area contributed by atoms with Crippen LogP contribution in [0.5, 0.6) is 0 Å². The van der Waals surface area contributed by atoms with Gasteiger partial charge in [0.25, 0.3) is 0 Å². The number of aryl methyl sites for hydroxylation is 1. The smallest absolute Gasteiger partial charge is 0.0676 e. The first kappa shape index (κ1) is 16.2. The summed E-state index contributed by atoms with van der Waals surface area (Å²) in [5.74, 6) is 0. The van der Waals surface area contributed by atoms with Crippen molar-refractivity contribution >= 4 is 17.3 Å². The Balaban J connectivity index is 1.61. The third-order valence-electron chi connectivity index (χ3n) is 4.53. The van der Waals surface area contributed by atoms with Crippen molar-refractivity contribution in [1.29, 1.82) is 0 Å². The Morgan fingerprint density at radius 1 is 1.00 bits per heavy atom. The van der Waals surface area contributed by atoms with Gasteiger partial charge in [-0.2, -0.15) is 5.10 Å². The molecule has 2 heterocycles. The second-order valence-electron chi connectivity index (χ2n) is 6.20. The largest absolute Gasteiger partial charge is 0.378 e.